The molecule has 19 heavy (non-hydrogen) atoms. The number of fused-ring (bicyclic) bond motifs is 1. The summed E-state index contributed by atoms with van der Waals surface area (Å²) in [6, 6.07) is 6.44. The molecule has 1 heterocycles. The highest BCUT2D eigenvalue weighted by atomic mass is 32.2. The molecule has 0 bridgehead atoms. The number of rotatable bonds is 2. The molecule has 1 aromatic carbocycles. The lowest BCUT2D eigenvalue weighted by atomic mass is 9.95. The van der Waals surface area contributed by atoms with Crippen LogP contribution >= 0.6 is 11.8 Å². The molecule has 4 atom stereocenters. The van der Waals surface area contributed by atoms with Crippen molar-refractivity contribution < 1.29 is 4.39 Å². The maximum absolute atomic E-state index is 13.8. The predicted octanol–water partition coefficient (Wildman–Crippen LogP) is 4.39. The zero-order valence-electron chi connectivity index (χ0n) is 11.7. The normalized spacial score (nSPS) is 34.3. The van der Waals surface area contributed by atoms with Gasteiger partial charge in [-0.25, -0.2) is 4.39 Å². The minimum atomic E-state index is -0.0539. The Hall–Kier alpha value is -0.540. The fraction of sp³-hybridized carbons (Fsp3) is 0.625. The summed E-state index contributed by atoms with van der Waals surface area (Å²) in [6.45, 7) is 4.69. The van der Waals surface area contributed by atoms with E-state index in [1.54, 1.807) is 17.8 Å². The van der Waals surface area contributed by atoms with Gasteiger partial charge in [0.15, 0.2) is 0 Å². The van der Waals surface area contributed by atoms with Crippen LogP contribution < -0.4 is 5.32 Å². The molecule has 1 N–H and O–H groups in total. The monoisotopic (exact) mass is 279 g/mol. The molecule has 0 amide bonds. The van der Waals surface area contributed by atoms with Crippen molar-refractivity contribution >= 4 is 11.8 Å². The summed E-state index contributed by atoms with van der Waals surface area (Å²) in [4.78, 5) is 0.866. The molecule has 104 valence electrons. The summed E-state index contributed by atoms with van der Waals surface area (Å²) >= 11 is 1.66. The van der Waals surface area contributed by atoms with Gasteiger partial charge in [0, 0.05) is 17.0 Å². The fourth-order valence-corrected chi connectivity index (χ4v) is 4.56. The van der Waals surface area contributed by atoms with E-state index in [0.717, 1.165) is 28.9 Å². The van der Waals surface area contributed by atoms with Crippen LogP contribution in [-0.2, 0) is 0 Å². The Bertz CT molecular complexity index is 462. The highest BCUT2D eigenvalue weighted by Crippen LogP contribution is 2.40. The van der Waals surface area contributed by atoms with Crippen molar-refractivity contribution in [3.63, 3.8) is 0 Å². The number of hydrogen-bond acceptors (Lipinski definition) is 2. The summed E-state index contributed by atoms with van der Waals surface area (Å²) in [5.41, 5.74) is 1.17. The zero-order chi connectivity index (χ0) is 13.4. The van der Waals surface area contributed by atoms with Crippen molar-refractivity contribution in [2.75, 3.05) is 5.75 Å². The Morgan fingerprint density at radius 3 is 2.79 bits per heavy atom. The third kappa shape index (κ3) is 2.55. The lowest BCUT2D eigenvalue weighted by Gasteiger charge is -2.31. The number of benzene rings is 1. The van der Waals surface area contributed by atoms with Gasteiger partial charge >= 0.3 is 0 Å². The second kappa shape index (κ2) is 5.45. The molecule has 4 unspecified atom stereocenters. The lowest BCUT2D eigenvalue weighted by molar-refractivity contribution is 0.332. The molecule has 1 saturated carbocycles. The third-order valence-electron chi connectivity index (χ3n) is 4.91. The van der Waals surface area contributed by atoms with E-state index in [1.807, 2.05) is 6.07 Å². The van der Waals surface area contributed by atoms with Crippen LogP contribution in [0.5, 0.6) is 0 Å². The largest absolute Gasteiger partial charge is 0.307 e. The summed E-state index contributed by atoms with van der Waals surface area (Å²) in [6.07, 6.45) is 3.69. The van der Waals surface area contributed by atoms with Crippen molar-refractivity contribution in [2.45, 2.75) is 50.1 Å². The number of thioether (sulfide) groups is 1. The smallest absolute Gasteiger partial charge is 0.137 e. The maximum Gasteiger partial charge on any atom is 0.137 e. The Morgan fingerprint density at radius 2 is 2.05 bits per heavy atom. The Labute approximate surface area is 119 Å². The van der Waals surface area contributed by atoms with E-state index in [0.29, 0.717) is 12.1 Å². The average Bonchev–Trinajstić information content (AvgIpc) is 2.72. The summed E-state index contributed by atoms with van der Waals surface area (Å²) in [7, 11) is 0. The van der Waals surface area contributed by atoms with Gasteiger partial charge in [-0.1, -0.05) is 26.0 Å². The third-order valence-corrected chi connectivity index (χ3v) is 6.07. The van der Waals surface area contributed by atoms with E-state index in [1.165, 1.54) is 18.4 Å². The molecule has 3 heteroatoms. The second-order valence-corrected chi connectivity index (χ2v) is 7.14. The van der Waals surface area contributed by atoms with Gasteiger partial charge < -0.3 is 5.32 Å². The van der Waals surface area contributed by atoms with Gasteiger partial charge in [-0.2, -0.15) is 0 Å². The topological polar surface area (TPSA) is 12.0 Å². The summed E-state index contributed by atoms with van der Waals surface area (Å²) in [5, 5.41) is 3.80. The van der Waals surface area contributed by atoms with Gasteiger partial charge in [0.25, 0.3) is 0 Å². The first-order chi connectivity index (χ1) is 9.16. The molecule has 0 aromatic heterocycles. The minimum Gasteiger partial charge on any atom is -0.307 e. The van der Waals surface area contributed by atoms with Gasteiger partial charge in [-0.15, -0.1) is 11.8 Å². The van der Waals surface area contributed by atoms with Crippen LogP contribution in [0.4, 0.5) is 4.39 Å². The van der Waals surface area contributed by atoms with E-state index >= 15 is 0 Å². The minimum absolute atomic E-state index is 0.0539. The molecule has 1 nitrogen and oxygen atoms in total. The molecular weight excluding hydrogens is 257 g/mol. The van der Waals surface area contributed by atoms with Crippen LogP contribution in [0, 0.1) is 17.7 Å². The second-order valence-electron chi connectivity index (χ2n) is 6.03. The molecule has 1 fully saturated rings. The Balaban J connectivity index is 1.79. The van der Waals surface area contributed by atoms with Gasteiger partial charge in [-0.3, -0.25) is 0 Å². The van der Waals surface area contributed by atoms with E-state index in [9.17, 15) is 4.39 Å². The Kier molecular flexibility index (Phi) is 3.86. The zero-order valence-corrected chi connectivity index (χ0v) is 12.5. The van der Waals surface area contributed by atoms with E-state index in [-0.39, 0.29) is 5.82 Å². The quantitative estimate of drug-likeness (QED) is 0.862. The molecule has 2 aliphatic rings. The number of halogens is 1. The van der Waals surface area contributed by atoms with Crippen molar-refractivity contribution in [1.29, 1.82) is 0 Å². The van der Waals surface area contributed by atoms with Crippen molar-refractivity contribution in [3.05, 3.63) is 29.6 Å². The summed E-state index contributed by atoms with van der Waals surface area (Å²) in [5.74, 6) is 2.50. The molecule has 1 aliphatic carbocycles. The van der Waals surface area contributed by atoms with Crippen molar-refractivity contribution in [3.8, 4) is 0 Å². The van der Waals surface area contributed by atoms with Crippen LogP contribution in [0.15, 0.2) is 23.1 Å². The van der Waals surface area contributed by atoms with E-state index in [2.05, 4.69) is 25.2 Å². The van der Waals surface area contributed by atoms with Crippen LogP contribution in [0.3, 0.4) is 0 Å². The van der Waals surface area contributed by atoms with Crippen LogP contribution in [0.1, 0.15) is 44.7 Å². The van der Waals surface area contributed by atoms with Crippen LogP contribution in [-0.4, -0.2) is 11.8 Å². The van der Waals surface area contributed by atoms with Crippen molar-refractivity contribution in [1.82, 2.24) is 5.32 Å². The first-order valence-electron chi connectivity index (χ1n) is 7.34. The maximum atomic E-state index is 13.8. The standard InChI is InChI=1S/C16H22FNS/c1-10-6-7-14(11(10)2)18-15-8-9-19-16-12(15)4-3-5-13(16)17/h3-5,10-11,14-15,18H,6-9H2,1-2H3. The Morgan fingerprint density at radius 1 is 1.21 bits per heavy atom. The lowest BCUT2D eigenvalue weighted by Crippen LogP contribution is -2.37. The van der Waals surface area contributed by atoms with Crippen LogP contribution in [0.25, 0.3) is 0 Å². The molecule has 0 spiro atoms. The number of nitrogens with one attached hydrogen (secondary N) is 1. The molecule has 0 radical (unpaired) electrons. The first-order valence-corrected chi connectivity index (χ1v) is 8.32. The van der Waals surface area contributed by atoms with Crippen molar-refractivity contribution in [2.24, 2.45) is 11.8 Å². The summed E-state index contributed by atoms with van der Waals surface area (Å²) < 4.78 is 13.8. The first kappa shape index (κ1) is 13.4. The highest BCUT2D eigenvalue weighted by Gasteiger charge is 2.33. The van der Waals surface area contributed by atoms with Crippen LogP contribution in [0.2, 0.25) is 0 Å². The highest BCUT2D eigenvalue weighted by molar-refractivity contribution is 7.99. The fourth-order valence-electron chi connectivity index (χ4n) is 3.42. The predicted molar refractivity (Wildman–Crippen MR) is 79.0 cm³/mol. The van der Waals surface area contributed by atoms with Gasteiger partial charge in [0.1, 0.15) is 5.82 Å². The van der Waals surface area contributed by atoms with E-state index in [4.69, 9.17) is 0 Å². The molecule has 1 aliphatic heterocycles. The van der Waals surface area contributed by atoms with E-state index < -0.39 is 0 Å². The SMILES string of the molecule is CC1CCC(NC2CCSc3c(F)cccc32)C1C. The van der Waals surface area contributed by atoms with Gasteiger partial charge in [-0.05, 0) is 48.5 Å². The van der Waals surface area contributed by atoms with Gasteiger partial charge in [0.2, 0.25) is 0 Å². The molecule has 1 aromatic rings. The molecular formula is C16H22FNS. The number of hydrogen-bond donors (Lipinski definition) is 1. The van der Waals surface area contributed by atoms with Gasteiger partial charge in [0.05, 0.1) is 0 Å². The molecule has 0 saturated heterocycles. The average molecular weight is 279 g/mol. The molecule has 3 rings (SSSR count).